The largest absolute Gasteiger partial charge is 0.453 e. The first-order valence-corrected chi connectivity index (χ1v) is 21.3. The summed E-state index contributed by atoms with van der Waals surface area (Å²) in [6, 6.07) is 21.5. The lowest BCUT2D eigenvalue weighted by Crippen LogP contribution is -2.56. The Morgan fingerprint density at radius 3 is 1.92 bits per heavy atom. The Labute approximate surface area is 315 Å². The first-order valence-electron chi connectivity index (χ1n) is 17.2. The Morgan fingerprint density at radius 1 is 0.865 bits per heavy atom. The third kappa shape index (κ3) is 11.9. The number of likely N-dealkylation sites (tertiary alicyclic amines) is 1. The minimum absolute atomic E-state index is 0.0205. The third-order valence-corrected chi connectivity index (χ3v) is 12.0. The Morgan fingerprint density at radius 2 is 1.42 bits per heavy atom. The normalized spacial score (nSPS) is 15.8. The van der Waals surface area contributed by atoms with Crippen molar-refractivity contribution in [3.05, 3.63) is 84.4 Å². The average molecular weight is 772 g/mol. The fourth-order valence-electron chi connectivity index (χ4n) is 5.47. The van der Waals surface area contributed by atoms with E-state index in [1.54, 1.807) is 47.8 Å². The van der Waals surface area contributed by atoms with Gasteiger partial charge in [-0.3, -0.25) is 9.59 Å². The predicted molar refractivity (Wildman–Crippen MR) is 206 cm³/mol. The average Bonchev–Trinajstić information content (AvgIpc) is 3.62. The van der Waals surface area contributed by atoms with E-state index in [-0.39, 0.29) is 19.8 Å². The van der Waals surface area contributed by atoms with Gasteiger partial charge in [0.1, 0.15) is 30.2 Å². The second-order valence-corrected chi connectivity index (χ2v) is 17.4. The molecule has 1 aliphatic rings. The number of amides is 3. The Hall–Kier alpha value is -3.64. The zero-order valence-electron chi connectivity index (χ0n) is 30.8. The van der Waals surface area contributed by atoms with Crippen LogP contribution in [0, 0.1) is 5.92 Å². The molecule has 3 aromatic carbocycles. The Kier molecular flexibility index (Phi) is 15.0. The highest BCUT2D eigenvalue weighted by atomic mass is 32.2. The van der Waals surface area contributed by atoms with Crippen LogP contribution in [0.15, 0.2) is 88.7 Å². The van der Waals surface area contributed by atoms with Crippen LogP contribution in [-0.4, -0.2) is 71.9 Å². The van der Waals surface area contributed by atoms with Crippen molar-refractivity contribution in [2.45, 2.75) is 87.3 Å². The standard InChI is InChI=1S/C38H50N3O8PS2/c1-26(2)35(50(45,48-28-15-19-30(51-6)20-16-28)49-29-17-21-31(52-7)22-18-29)40-34(42)33-14-11-23-41(33)36(43)32(25-47-38(3,4)5)39-37(44)46-24-27-12-9-8-10-13-27/h8-10,12-13,15-22,26,32-33,35H,11,14,23-25H2,1-7H3,(H,39,44)(H,40,42)/t32-,33-,35?/m0/s1. The molecule has 4 rings (SSSR count). The van der Waals surface area contributed by atoms with E-state index in [9.17, 15) is 18.9 Å². The van der Waals surface area contributed by atoms with Gasteiger partial charge in [-0.25, -0.2) is 9.36 Å². The van der Waals surface area contributed by atoms with Gasteiger partial charge in [0, 0.05) is 16.3 Å². The van der Waals surface area contributed by atoms with Crippen molar-refractivity contribution < 1.29 is 37.5 Å². The number of alkyl carbamates (subject to hydrolysis) is 1. The van der Waals surface area contributed by atoms with E-state index < -0.39 is 54.9 Å². The second-order valence-electron chi connectivity index (χ2n) is 13.6. The van der Waals surface area contributed by atoms with Crippen LogP contribution >= 0.6 is 31.1 Å². The minimum atomic E-state index is -4.16. The lowest BCUT2D eigenvalue weighted by molar-refractivity contribution is -0.142. The second kappa shape index (κ2) is 18.9. The number of nitrogens with zero attached hydrogens (tertiary/aromatic N) is 1. The van der Waals surface area contributed by atoms with Gasteiger partial charge in [-0.1, -0.05) is 44.2 Å². The highest BCUT2D eigenvalue weighted by Gasteiger charge is 2.46. The Balaban J connectivity index is 1.55. The molecule has 1 fully saturated rings. The van der Waals surface area contributed by atoms with Crippen molar-refractivity contribution in [2.24, 2.45) is 5.92 Å². The quantitative estimate of drug-likeness (QED) is 0.109. The van der Waals surface area contributed by atoms with E-state index >= 15 is 0 Å². The maximum absolute atomic E-state index is 14.9. The molecule has 2 N–H and O–H groups in total. The topological polar surface area (TPSA) is 132 Å². The number of carbonyl (C=O) groups excluding carboxylic acids is 3. The van der Waals surface area contributed by atoms with Gasteiger partial charge in [0.15, 0.2) is 5.78 Å². The van der Waals surface area contributed by atoms with Crippen LogP contribution in [0.5, 0.6) is 11.5 Å². The van der Waals surface area contributed by atoms with E-state index in [1.165, 1.54) is 4.90 Å². The summed E-state index contributed by atoms with van der Waals surface area (Å²) in [7, 11) is -4.16. The third-order valence-electron chi connectivity index (χ3n) is 8.17. The highest BCUT2D eigenvalue weighted by molar-refractivity contribution is 7.98. The van der Waals surface area contributed by atoms with Gasteiger partial charge in [0.25, 0.3) is 0 Å². The zero-order valence-corrected chi connectivity index (χ0v) is 33.4. The molecule has 3 atom stereocenters. The molecule has 0 radical (unpaired) electrons. The van der Waals surface area contributed by atoms with Crippen LogP contribution in [0.25, 0.3) is 0 Å². The van der Waals surface area contributed by atoms with Crippen LogP contribution < -0.4 is 19.7 Å². The molecule has 1 unspecified atom stereocenters. The van der Waals surface area contributed by atoms with Crippen molar-refractivity contribution >= 4 is 49.0 Å². The summed E-state index contributed by atoms with van der Waals surface area (Å²) >= 11 is 3.13. The molecule has 0 aromatic heterocycles. The molecule has 11 nitrogen and oxygen atoms in total. The number of thioether (sulfide) groups is 2. The summed E-state index contributed by atoms with van der Waals surface area (Å²) in [6.45, 7) is 9.34. The van der Waals surface area contributed by atoms with Gasteiger partial charge in [0.2, 0.25) is 11.8 Å². The zero-order chi connectivity index (χ0) is 37.9. The molecule has 0 bridgehead atoms. The van der Waals surface area contributed by atoms with Gasteiger partial charge in [-0.05, 0) is 106 Å². The maximum Gasteiger partial charge on any atom is 0.453 e. The fourth-order valence-corrected chi connectivity index (χ4v) is 8.40. The van der Waals surface area contributed by atoms with Crippen molar-refractivity contribution in [3.63, 3.8) is 0 Å². The molecule has 3 aromatic rings. The predicted octanol–water partition coefficient (Wildman–Crippen LogP) is 7.98. The van der Waals surface area contributed by atoms with Crippen molar-refractivity contribution in [2.75, 3.05) is 25.7 Å². The van der Waals surface area contributed by atoms with E-state index in [2.05, 4.69) is 10.6 Å². The maximum atomic E-state index is 14.9. The lowest BCUT2D eigenvalue weighted by Gasteiger charge is -2.33. The van der Waals surface area contributed by atoms with E-state index in [0.29, 0.717) is 24.3 Å². The lowest BCUT2D eigenvalue weighted by atomic mass is 10.1. The number of rotatable bonds is 16. The molecule has 0 saturated carbocycles. The van der Waals surface area contributed by atoms with Crippen molar-refractivity contribution in [1.29, 1.82) is 0 Å². The minimum Gasteiger partial charge on any atom is -0.445 e. The van der Waals surface area contributed by atoms with Crippen LogP contribution in [0.3, 0.4) is 0 Å². The van der Waals surface area contributed by atoms with E-state index in [4.69, 9.17) is 18.5 Å². The molecule has 14 heteroatoms. The molecule has 1 saturated heterocycles. The summed E-state index contributed by atoms with van der Waals surface area (Å²) in [5, 5.41) is 5.60. The number of benzene rings is 3. The van der Waals surface area contributed by atoms with Gasteiger partial charge in [-0.15, -0.1) is 23.5 Å². The van der Waals surface area contributed by atoms with Crippen LogP contribution in [0.1, 0.15) is 53.0 Å². The number of hydrogen-bond acceptors (Lipinski definition) is 10. The molecule has 1 heterocycles. The molecule has 3 amide bonds. The first-order chi connectivity index (χ1) is 24.7. The summed E-state index contributed by atoms with van der Waals surface area (Å²) in [5.74, 6) is -1.82. The molecule has 0 aliphatic carbocycles. The molecule has 52 heavy (non-hydrogen) atoms. The smallest absolute Gasteiger partial charge is 0.445 e. The van der Waals surface area contributed by atoms with Crippen LogP contribution in [0.2, 0.25) is 0 Å². The van der Waals surface area contributed by atoms with Gasteiger partial charge >= 0.3 is 13.7 Å². The number of carbonyl (C=O) groups is 3. The van der Waals surface area contributed by atoms with Gasteiger partial charge < -0.3 is 34.1 Å². The summed E-state index contributed by atoms with van der Waals surface area (Å²) in [4.78, 5) is 44.5. The molecular formula is C38H50N3O8PS2. The summed E-state index contributed by atoms with van der Waals surface area (Å²) in [5.41, 5.74) is 0.189. The summed E-state index contributed by atoms with van der Waals surface area (Å²) < 4.78 is 38.6. The molecular weight excluding hydrogens is 722 g/mol. The van der Waals surface area contributed by atoms with Crippen LogP contribution in [0.4, 0.5) is 4.79 Å². The molecule has 282 valence electrons. The number of hydrogen-bond donors (Lipinski definition) is 2. The molecule has 0 spiro atoms. The van der Waals surface area contributed by atoms with Gasteiger partial charge in [0.05, 0.1) is 12.2 Å². The number of ether oxygens (including phenoxy) is 2. The Bertz CT molecular complexity index is 1620. The first kappa shape index (κ1) is 41.1. The van der Waals surface area contributed by atoms with Crippen molar-refractivity contribution in [1.82, 2.24) is 15.5 Å². The van der Waals surface area contributed by atoms with Crippen LogP contribution in [-0.2, 0) is 30.2 Å². The summed E-state index contributed by atoms with van der Waals surface area (Å²) in [6.07, 6.45) is 4.04. The monoisotopic (exact) mass is 771 g/mol. The SMILES string of the molecule is CSc1ccc(OP(=O)(Oc2ccc(SC)cc2)C(NC(=O)[C@@H]2CCCN2C(=O)[C@H](COC(C)(C)C)NC(=O)OCc2ccccc2)C(C)C)cc1. The molecule has 1 aliphatic heterocycles. The van der Waals surface area contributed by atoms with Gasteiger partial charge in [-0.2, -0.15) is 0 Å². The van der Waals surface area contributed by atoms with Crippen molar-refractivity contribution in [3.8, 4) is 11.5 Å². The van der Waals surface area contributed by atoms with E-state index in [0.717, 1.165) is 15.4 Å². The highest BCUT2D eigenvalue weighted by Crippen LogP contribution is 2.54. The fraction of sp³-hybridized carbons (Fsp3) is 0.447. The van der Waals surface area contributed by atoms with E-state index in [1.807, 2.05) is 102 Å². The number of nitrogens with one attached hydrogen (secondary N) is 2.